The summed E-state index contributed by atoms with van der Waals surface area (Å²) in [6.07, 6.45) is 1.02. The van der Waals surface area contributed by atoms with Crippen molar-refractivity contribution < 1.29 is 14.4 Å². The van der Waals surface area contributed by atoms with E-state index in [2.05, 4.69) is 66.9 Å². The molecule has 3 N–H and O–H groups in total. The molecule has 0 amide bonds. The Labute approximate surface area is 179 Å². The molecule has 6 heteroatoms. The van der Waals surface area contributed by atoms with Crippen molar-refractivity contribution in [1.82, 2.24) is 10.6 Å². The average Bonchev–Trinajstić information content (AvgIpc) is 2.72. The van der Waals surface area contributed by atoms with Gasteiger partial charge in [0.25, 0.3) is 0 Å². The number of thiocarbonyl (C=S) groups is 1. The van der Waals surface area contributed by atoms with E-state index in [0.29, 0.717) is 11.2 Å². The fourth-order valence-corrected chi connectivity index (χ4v) is 4.32. The van der Waals surface area contributed by atoms with Crippen LogP contribution in [0.5, 0.6) is 11.5 Å². The van der Waals surface area contributed by atoms with E-state index in [1.807, 2.05) is 0 Å². The predicted octanol–water partition coefficient (Wildman–Crippen LogP) is 2.26. The van der Waals surface area contributed by atoms with Gasteiger partial charge >= 0.3 is 0 Å². The Balaban J connectivity index is 1.88. The highest BCUT2D eigenvalue weighted by atomic mass is 32.1. The Hall–Kier alpha value is -2.31. The SMILES string of the molecule is COc1cc2c(cc1OC)[C@@H](CNC(=S)NC(C)C)[NH+](Cc1ccccc1)CC2. The maximum absolute atomic E-state index is 5.59. The third-order valence-corrected chi connectivity index (χ3v) is 5.65. The van der Waals surface area contributed by atoms with Crippen LogP contribution in [0.25, 0.3) is 0 Å². The molecule has 0 bridgehead atoms. The number of fused-ring (bicyclic) bond motifs is 1. The lowest BCUT2D eigenvalue weighted by Gasteiger charge is -2.35. The molecule has 0 radical (unpaired) electrons. The summed E-state index contributed by atoms with van der Waals surface area (Å²) in [5.74, 6) is 1.57. The van der Waals surface area contributed by atoms with Crippen LogP contribution < -0.4 is 25.0 Å². The van der Waals surface area contributed by atoms with E-state index in [4.69, 9.17) is 21.7 Å². The largest absolute Gasteiger partial charge is 0.493 e. The van der Waals surface area contributed by atoms with E-state index in [-0.39, 0.29) is 6.04 Å². The number of nitrogens with one attached hydrogen (secondary N) is 3. The molecule has 3 rings (SSSR count). The van der Waals surface area contributed by atoms with Crippen LogP contribution >= 0.6 is 12.2 Å². The second-order valence-electron chi connectivity index (χ2n) is 7.79. The zero-order chi connectivity index (χ0) is 20.8. The molecule has 2 aromatic carbocycles. The zero-order valence-electron chi connectivity index (χ0n) is 17.7. The van der Waals surface area contributed by atoms with Crippen LogP contribution in [0.15, 0.2) is 42.5 Å². The van der Waals surface area contributed by atoms with Crippen molar-refractivity contribution in [2.24, 2.45) is 0 Å². The van der Waals surface area contributed by atoms with E-state index in [9.17, 15) is 0 Å². The molecule has 0 saturated heterocycles. The van der Waals surface area contributed by atoms with Gasteiger partial charge in [-0.05, 0) is 43.8 Å². The third-order valence-electron chi connectivity index (χ3n) is 5.39. The van der Waals surface area contributed by atoms with Crippen molar-refractivity contribution in [2.75, 3.05) is 27.3 Å². The lowest BCUT2D eigenvalue weighted by Crippen LogP contribution is -3.12. The smallest absolute Gasteiger partial charge is 0.166 e. The zero-order valence-corrected chi connectivity index (χ0v) is 18.6. The first-order valence-electron chi connectivity index (χ1n) is 10.2. The molecule has 0 spiro atoms. The summed E-state index contributed by atoms with van der Waals surface area (Å²) in [4.78, 5) is 1.52. The Kier molecular flexibility index (Phi) is 7.34. The number of quaternary nitrogens is 1. The van der Waals surface area contributed by atoms with Crippen LogP contribution in [0.2, 0.25) is 0 Å². The van der Waals surface area contributed by atoms with Crippen LogP contribution in [-0.4, -0.2) is 38.5 Å². The molecule has 0 fully saturated rings. The summed E-state index contributed by atoms with van der Waals surface area (Å²) in [5.41, 5.74) is 3.98. The second kappa shape index (κ2) is 9.94. The Bertz CT molecular complexity index is 826. The standard InChI is InChI=1S/C23H31N3O2S/c1-16(2)25-23(29)24-14-20-19-13-22(28-4)21(27-3)12-18(19)10-11-26(20)15-17-8-6-5-7-9-17/h5-9,12-13,16,20H,10-11,14-15H2,1-4H3,(H2,24,25,29)/p+1/t20-/m1/s1. The Morgan fingerprint density at radius 1 is 1.14 bits per heavy atom. The maximum Gasteiger partial charge on any atom is 0.166 e. The summed E-state index contributed by atoms with van der Waals surface area (Å²) in [5, 5.41) is 7.41. The maximum atomic E-state index is 5.59. The average molecular weight is 415 g/mol. The molecule has 5 nitrogen and oxygen atoms in total. The van der Waals surface area contributed by atoms with Crippen LogP contribution in [0.4, 0.5) is 0 Å². The van der Waals surface area contributed by atoms with Gasteiger partial charge in [0.2, 0.25) is 0 Å². The highest BCUT2D eigenvalue weighted by Crippen LogP contribution is 2.34. The molecule has 1 aliphatic rings. The van der Waals surface area contributed by atoms with Crippen molar-refractivity contribution in [1.29, 1.82) is 0 Å². The molecule has 156 valence electrons. The lowest BCUT2D eigenvalue weighted by atomic mass is 9.91. The second-order valence-corrected chi connectivity index (χ2v) is 8.20. The number of methoxy groups -OCH3 is 2. The first-order chi connectivity index (χ1) is 14.0. The molecular weight excluding hydrogens is 382 g/mol. The predicted molar refractivity (Wildman–Crippen MR) is 121 cm³/mol. The van der Waals surface area contributed by atoms with E-state index in [1.165, 1.54) is 21.6 Å². The van der Waals surface area contributed by atoms with Crippen molar-refractivity contribution in [3.05, 3.63) is 59.2 Å². The number of hydrogen-bond donors (Lipinski definition) is 3. The summed E-state index contributed by atoms with van der Waals surface area (Å²) in [6.45, 7) is 6.99. The van der Waals surface area contributed by atoms with E-state index >= 15 is 0 Å². The molecule has 1 heterocycles. The highest BCUT2D eigenvalue weighted by Gasteiger charge is 2.32. The van der Waals surface area contributed by atoms with Crippen LogP contribution in [0.1, 0.15) is 36.6 Å². The van der Waals surface area contributed by atoms with Gasteiger partial charge in [0.1, 0.15) is 12.6 Å². The van der Waals surface area contributed by atoms with Gasteiger partial charge in [0.15, 0.2) is 16.6 Å². The summed E-state index contributed by atoms with van der Waals surface area (Å²) in [6, 6.07) is 15.5. The summed E-state index contributed by atoms with van der Waals surface area (Å²) < 4.78 is 11.1. The first kappa shape index (κ1) is 21.4. The van der Waals surface area contributed by atoms with Gasteiger partial charge in [0, 0.05) is 23.6 Å². The first-order valence-corrected chi connectivity index (χ1v) is 10.6. The summed E-state index contributed by atoms with van der Waals surface area (Å²) in [7, 11) is 3.38. The van der Waals surface area contributed by atoms with Gasteiger partial charge in [-0.15, -0.1) is 0 Å². The van der Waals surface area contributed by atoms with Crippen LogP contribution in [-0.2, 0) is 13.0 Å². The van der Waals surface area contributed by atoms with Crippen LogP contribution in [0, 0.1) is 0 Å². The topological polar surface area (TPSA) is 47.0 Å². The van der Waals surface area contributed by atoms with Crippen molar-refractivity contribution in [2.45, 2.75) is 38.9 Å². The van der Waals surface area contributed by atoms with Gasteiger partial charge in [0.05, 0.1) is 27.3 Å². The molecule has 0 aliphatic carbocycles. The molecule has 0 aromatic heterocycles. The van der Waals surface area contributed by atoms with Crippen molar-refractivity contribution in [3.63, 3.8) is 0 Å². The Morgan fingerprint density at radius 3 is 2.48 bits per heavy atom. The molecule has 2 aromatic rings. The van der Waals surface area contributed by atoms with Gasteiger partial charge in [-0.2, -0.15) is 0 Å². The minimum atomic E-state index is 0.269. The number of ether oxygens (including phenoxy) is 2. The fourth-order valence-electron chi connectivity index (χ4n) is 4.00. The van der Waals surface area contributed by atoms with E-state index in [0.717, 1.165) is 37.6 Å². The molecule has 1 aliphatic heterocycles. The fraction of sp³-hybridized carbons (Fsp3) is 0.435. The monoisotopic (exact) mass is 414 g/mol. The molecular formula is C23H32N3O2S+. The summed E-state index contributed by atoms with van der Waals surface area (Å²) >= 11 is 5.48. The molecule has 1 unspecified atom stereocenters. The lowest BCUT2D eigenvalue weighted by molar-refractivity contribution is -0.945. The highest BCUT2D eigenvalue weighted by molar-refractivity contribution is 7.80. The third kappa shape index (κ3) is 5.40. The van der Waals surface area contributed by atoms with Crippen molar-refractivity contribution >= 4 is 17.3 Å². The normalized spacial score (nSPS) is 18.1. The number of rotatable bonds is 7. The Morgan fingerprint density at radius 2 is 1.83 bits per heavy atom. The number of hydrogen-bond acceptors (Lipinski definition) is 3. The van der Waals surface area contributed by atoms with Gasteiger partial charge in [-0.25, -0.2) is 0 Å². The number of benzene rings is 2. The van der Waals surface area contributed by atoms with Crippen molar-refractivity contribution in [3.8, 4) is 11.5 Å². The minimum absolute atomic E-state index is 0.269. The minimum Gasteiger partial charge on any atom is -0.493 e. The van der Waals surface area contributed by atoms with Gasteiger partial charge in [-0.3, -0.25) is 0 Å². The van der Waals surface area contributed by atoms with Gasteiger partial charge < -0.3 is 25.0 Å². The molecule has 2 atom stereocenters. The molecule has 29 heavy (non-hydrogen) atoms. The quantitative estimate of drug-likeness (QED) is 0.607. The molecule has 0 saturated carbocycles. The van der Waals surface area contributed by atoms with Gasteiger partial charge in [-0.1, -0.05) is 30.3 Å². The van der Waals surface area contributed by atoms with E-state index in [1.54, 1.807) is 14.2 Å². The van der Waals surface area contributed by atoms with Crippen LogP contribution in [0.3, 0.4) is 0 Å². The van der Waals surface area contributed by atoms with E-state index < -0.39 is 0 Å².